The Balaban J connectivity index is 2.16. The molecule has 3 nitrogen and oxygen atoms in total. The molecule has 1 atom stereocenters. The molecule has 1 saturated carbocycles. The molecule has 1 aliphatic heterocycles. The topological polar surface area (TPSA) is 55.5 Å². The van der Waals surface area contributed by atoms with Crippen LogP contribution in [0.4, 0.5) is 0 Å². The molecule has 15 heavy (non-hydrogen) atoms. The normalized spacial score (nSPS) is 35.6. The van der Waals surface area contributed by atoms with Gasteiger partial charge in [-0.15, -0.1) is 0 Å². The quantitative estimate of drug-likeness (QED) is 0.729. The van der Waals surface area contributed by atoms with Crippen LogP contribution in [0.3, 0.4) is 0 Å². The summed E-state index contributed by atoms with van der Waals surface area (Å²) < 4.78 is 5.60. The summed E-state index contributed by atoms with van der Waals surface area (Å²) in [4.78, 5) is 0. The Labute approximate surface area is 92.0 Å². The molecule has 3 heteroatoms. The molecule has 0 aromatic rings. The van der Waals surface area contributed by atoms with Gasteiger partial charge in [-0.05, 0) is 25.8 Å². The molecule has 0 aromatic heterocycles. The van der Waals surface area contributed by atoms with Crippen molar-refractivity contribution in [3.63, 3.8) is 0 Å². The second-order valence-corrected chi connectivity index (χ2v) is 5.21. The van der Waals surface area contributed by atoms with Crippen molar-refractivity contribution in [2.45, 2.75) is 50.5 Å². The average Bonchev–Trinajstić information content (AvgIpc) is 2.25. The van der Waals surface area contributed by atoms with Gasteiger partial charge in [-0.1, -0.05) is 19.3 Å². The van der Waals surface area contributed by atoms with Gasteiger partial charge in [-0.3, -0.25) is 0 Å². The van der Waals surface area contributed by atoms with Gasteiger partial charge >= 0.3 is 0 Å². The van der Waals surface area contributed by atoms with Gasteiger partial charge in [0.05, 0.1) is 12.2 Å². The largest absolute Gasteiger partial charge is 0.389 e. The summed E-state index contributed by atoms with van der Waals surface area (Å²) in [7, 11) is 0. The summed E-state index contributed by atoms with van der Waals surface area (Å²) in [5.41, 5.74) is 5.10. The van der Waals surface area contributed by atoms with Crippen LogP contribution < -0.4 is 5.73 Å². The van der Waals surface area contributed by atoms with E-state index in [0.717, 1.165) is 32.3 Å². The van der Waals surface area contributed by atoms with Gasteiger partial charge in [0.2, 0.25) is 0 Å². The fourth-order valence-electron chi connectivity index (χ4n) is 3.38. The molecule has 1 heterocycles. The first kappa shape index (κ1) is 11.4. The predicted molar refractivity (Wildman–Crippen MR) is 59.6 cm³/mol. The van der Waals surface area contributed by atoms with Crippen molar-refractivity contribution in [2.24, 2.45) is 11.1 Å². The lowest BCUT2D eigenvalue weighted by Crippen LogP contribution is -2.56. The van der Waals surface area contributed by atoms with Gasteiger partial charge in [0.25, 0.3) is 0 Å². The van der Waals surface area contributed by atoms with Crippen molar-refractivity contribution in [2.75, 3.05) is 19.8 Å². The molecule has 2 fully saturated rings. The highest BCUT2D eigenvalue weighted by Crippen LogP contribution is 2.50. The van der Waals surface area contributed by atoms with Gasteiger partial charge in [0.1, 0.15) is 0 Å². The van der Waals surface area contributed by atoms with E-state index in [0.29, 0.717) is 13.2 Å². The zero-order valence-corrected chi connectivity index (χ0v) is 9.50. The Morgan fingerprint density at radius 2 is 1.87 bits per heavy atom. The molecular formula is C12H23NO2. The molecule has 1 aliphatic carbocycles. The van der Waals surface area contributed by atoms with Crippen molar-refractivity contribution in [1.82, 2.24) is 0 Å². The highest BCUT2D eigenvalue weighted by Gasteiger charge is 2.51. The van der Waals surface area contributed by atoms with E-state index in [2.05, 4.69) is 0 Å². The van der Waals surface area contributed by atoms with Crippen LogP contribution in [0.1, 0.15) is 44.9 Å². The van der Waals surface area contributed by atoms with Crippen molar-refractivity contribution < 1.29 is 9.84 Å². The molecule has 1 spiro atoms. The summed E-state index contributed by atoms with van der Waals surface area (Å²) in [5.74, 6) is 0. The van der Waals surface area contributed by atoms with Crippen LogP contribution in [0.25, 0.3) is 0 Å². The molecule has 2 rings (SSSR count). The van der Waals surface area contributed by atoms with E-state index in [4.69, 9.17) is 10.5 Å². The molecule has 0 radical (unpaired) electrons. The first-order chi connectivity index (χ1) is 7.22. The number of hydrogen-bond donors (Lipinski definition) is 2. The zero-order chi connectivity index (χ0) is 10.8. The van der Waals surface area contributed by atoms with Gasteiger partial charge in [-0.25, -0.2) is 0 Å². The summed E-state index contributed by atoms with van der Waals surface area (Å²) in [5, 5.41) is 10.8. The van der Waals surface area contributed by atoms with Gasteiger partial charge in [0.15, 0.2) is 0 Å². The minimum Gasteiger partial charge on any atom is -0.389 e. The molecule has 2 aliphatic rings. The van der Waals surface area contributed by atoms with Gasteiger partial charge < -0.3 is 15.6 Å². The Hall–Kier alpha value is -0.120. The highest BCUT2D eigenvalue weighted by molar-refractivity contribution is 5.02. The maximum atomic E-state index is 10.8. The lowest BCUT2D eigenvalue weighted by Gasteiger charge is -2.52. The Bertz CT molecular complexity index is 201. The van der Waals surface area contributed by atoms with Crippen LogP contribution in [0.15, 0.2) is 0 Å². The first-order valence-electron chi connectivity index (χ1n) is 6.23. The summed E-state index contributed by atoms with van der Waals surface area (Å²) in [6.45, 7) is 2.01. The standard InChI is InChI=1S/C12H23NO2/c13-8-6-12(14)7-9-15-10-11(12)4-2-1-3-5-11/h14H,1-10,13H2. The molecule has 1 unspecified atom stereocenters. The Morgan fingerprint density at radius 3 is 2.53 bits per heavy atom. The van der Waals surface area contributed by atoms with E-state index in [1.54, 1.807) is 0 Å². The van der Waals surface area contributed by atoms with Crippen molar-refractivity contribution in [3.05, 3.63) is 0 Å². The highest BCUT2D eigenvalue weighted by atomic mass is 16.5. The van der Waals surface area contributed by atoms with Crippen molar-refractivity contribution >= 4 is 0 Å². The first-order valence-corrected chi connectivity index (χ1v) is 6.23. The summed E-state index contributed by atoms with van der Waals surface area (Å²) in [6.07, 6.45) is 7.50. The van der Waals surface area contributed by atoms with Gasteiger partial charge in [-0.2, -0.15) is 0 Å². The monoisotopic (exact) mass is 213 g/mol. The molecule has 1 saturated heterocycles. The average molecular weight is 213 g/mol. The SMILES string of the molecule is NCCC1(O)CCOCC12CCCCC2. The Kier molecular flexibility index (Phi) is 3.33. The molecule has 0 aromatic carbocycles. The summed E-state index contributed by atoms with van der Waals surface area (Å²) >= 11 is 0. The predicted octanol–water partition coefficient (Wildman–Crippen LogP) is 1.44. The van der Waals surface area contributed by atoms with Crippen LogP contribution in [-0.2, 0) is 4.74 Å². The number of aliphatic hydroxyl groups is 1. The lowest BCUT2D eigenvalue weighted by atomic mass is 9.60. The third-order valence-corrected chi connectivity index (χ3v) is 4.39. The second kappa shape index (κ2) is 4.40. The lowest BCUT2D eigenvalue weighted by molar-refractivity contribution is -0.187. The van der Waals surface area contributed by atoms with Crippen molar-refractivity contribution in [1.29, 1.82) is 0 Å². The molecule has 88 valence electrons. The second-order valence-electron chi connectivity index (χ2n) is 5.21. The molecule has 0 bridgehead atoms. The van der Waals surface area contributed by atoms with E-state index >= 15 is 0 Å². The Morgan fingerprint density at radius 1 is 1.13 bits per heavy atom. The van der Waals surface area contributed by atoms with Crippen LogP contribution in [0.2, 0.25) is 0 Å². The molecular weight excluding hydrogens is 190 g/mol. The molecule has 0 amide bonds. The number of ether oxygens (including phenoxy) is 1. The minimum atomic E-state index is -0.555. The number of hydrogen-bond acceptors (Lipinski definition) is 3. The van der Waals surface area contributed by atoms with E-state index in [1.165, 1.54) is 19.3 Å². The smallest absolute Gasteiger partial charge is 0.0759 e. The fourth-order valence-corrected chi connectivity index (χ4v) is 3.38. The molecule has 3 N–H and O–H groups in total. The van der Waals surface area contributed by atoms with Crippen LogP contribution in [0.5, 0.6) is 0 Å². The third kappa shape index (κ3) is 1.93. The van der Waals surface area contributed by atoms with Crippen molar-refractivity contribution in [3.8, 4) is 0 Å². The minimum absolute atomic E-state index is 0.0167. The maximum Gasteiger partial charge on any atom is 0.0759 e. The van der Waals surface area contributed by atoms with E-state index in [1.807, 2.05) is 0 Å². The van der Waals surface area contributed by atoms with Crippen LogP contribution >= 0.6 is 0 Å². The van der Waals surface area contributed by atoms with E-state index in [-0.39, 0.29) is 5.41 Å². The van der Waals surface area contributed by atoms with E-state index < -0.39 is 5.60 Å². The summed E-state index contributed by atoms with van der Waals surface area (Å²) in [6, 6.07) is 0. The van der Waals surface area contributed by atoms with Gasteiger partial charge in [0, 0.05) is 18.4 Å². The van der Waals surface area contributed by atoms with Crippen LogP contribution in [0, 0.1) is 5.41 Å². The number of rotatable bonds is 2. The van der Waals surface area contributed by atoms with Crippen LogP contribution in [-0.4, -0.2) is 30.5 Å². The third-order valence-electron chi connectivity index (χ3n) is 4.39. The fraction of sp³-hybridized carbons (Fsp3) is 1.00. The maximum absolute atomic E-state index is 10.8. The zero-order valence-electron chi connectivity index (χ0n) is 9.50. The number of nitrogens with two attached hydrogens (primary N) is 1. The van der Waals surface area contributed by atoms with E-state index in [9.17, 15) is 5.11 Å².